The van der Waals surface area contributed by atoms with Crippen molar-refractivity contribution in [3.05, 3.63) is 65.5 Å². The third-order valence-electron chi connectivity index (χ3n) is 6.76. The minimum atomic E-state index is -4.36. The molecule has 2 aromatic carbocycles. The zero-order valence-corrected chi connectivity index (χ0v) is 19.2. The smallest absolute Gasteiger partial charge is 0.418 e. The molecule has 0 saturated carbocycles. The van der Waals surface area contributed by atoms with Crippen molar-refractivity contribution in [3.8, 4) is 0 Å². The summed E-state index contributed by atoms with van der Waals surface area (Å²) in [5, 5.41) is 1.52. The summed E-state index contributed by atoms with van der Waals surface area (Å²) < 4.78 is 45.1. The maximum Gasteiger partial charge on any atom is 0.418 e. The Bertz CT molecular complexity index is 1350. The van der Waals surface area contributed by atoms with Gasteiger partial charge in [0.05, 0.1) is 11.1 Å². The molecule has 1 aliphatic rings. The highest BCUT2D eigenvalue weighted by molar-refractivity contribution is 5.95. The van der Waals surface area contributed by atoms with E-state index >= 15 is 0 Å². The van der Waals surface area contributed by atoms with E-state index in [1.165, 1.54) is 6.07 Å². The number of aryl methyl sites for hydroxylation is 1. The minimum Gasteiger partial charge on any atom is -0.451 e. The number of carbonyl (C=O) groups is 1. The first-order valence-electron chi connectivity index (χ1n) is 11.8. The molecule has 0 unspecified atom stereocenters. The number of nitrogens with two attached hydrogens (primary N) is 1. The van der Waals surface area contributed by atoms with Crippen LogP contribution in [0.4, 0.5) is 18.9 Å². The van der Waals surface area contributed by atoms with Crippen molar-refractivity contribution >= 4 is 33.5 Å². The van der Waals surface area contributed by atoms with Gasteiger partial charge >= 0.3 is 6.18 Å². The Labute approximate surface area is 200 Å². The number of primary amides is 1. The number of H-pyrrole nitrogens is 1. The lowest BCUT2D eigenvalue weighted by molar-refractivity contribution is -0.136. The Morgan fingerprint density at radius 2 is 1.86 bits per heavy atom. The van der Waals surface area contributed by atoms with Crippen LogP contribution in [-0.4, -0.2) is 48.5 Å². The van der Waals surface area contributed by atoms with Gasteiger partial charge in [-0.25, -0.2) is 0 Å². The van der Waals surface area contributed by atoms with Gasteiger partial charge in [-0.1, -0.05) is 12.1 Å². The van der Waals surface area contributed by atoms with Crippen LogP contribution >= 0.6 is 0 Å². The lowest BCUT2D eigenvalue weighted by Crippen LogP contribution is -2.46. The first kappa shape index (κ1) is 23.3. The van der Waals surface area contributed by atoms with Gasteiger partial charge in [0, 0.05) is 48.8 Å². The molecule has 4 aromatic rings. The van der Waals surface area contributed by atoms with Gasteiger partial charge in [-0.05, 0) is 61.7 Å². The maximum absolute atomic E-state index is 13.2. The van der Waals surface area contributed by atoms with Crippen LogP contribution in [0.2, 0.25) is 0 Å². The summed E-state index contributed by atoms with van der Waals surface area (Å²) in [5.74, 6) is -0.414. The number of rotatable bonds is 7. The molecule has 1 saturated heterocycles. The van der Waals surface area contributed by atoms with Gasteiger partial charge in [-0.2, -0.15) is 13.2 Å². The highest BCUT2D eigenvalue weighted by Gasteiger charge is 2.33. The molecular formula is C26H27F3N4O2. The molecule has 5 rings (SSSR count). The van der Waals surface area contributed by atoms with E-state index in [0.29, 0.717) is 11.0 Å². The van der Waals surface area contributed by atoms with Crippen molar-refractivity contribution < 1.29 is 22.4 Å². The molecule has 1 fully saturated rings. The summed E-state index contributed by atoms with van der Waals surface area (Å²) in [5.41, 5.74) is 7.54. The second-order valence-corrected chi connectivity index (χ2v) is 9.02. The van der Waals surface area contributed by atoms with Crippen LogP contribution in [-0.2, 0) is 12.6 Å². The average Bonchev–Trinajstić information content (AvgIpc) is 3.45. The summed E-state index contributed by atoms with van der Waals surface area (Å²) in [6.07, 6.45) is 0.00692. The number of furan rings is 1. The fourth-order valence-electron chi connectivity index (χ4n) is 4.88. The number of aromatic nitrogens is 1. The summed E-state index contributed by atoms with van der Waals surface area (Å²) in [4.78, 5) is 18.9. The number of para-hydroxylation sites is 1. The molecule has 3 heterocycles. The standard InChI is InChI=1S/C26H27F3N4O2/c27-26(28,29)21-6-3-5-20-17(16-31-24(20)21)4-1-2-9-32-10-12-33(13-11-32)19-7-8-22-18(14-19)15-23(35-22)25(30)34/h3,5-8,14-16,31H,1-2,4,9-13H2,(H2,30,34). The van der Waals surface area contributed by atoms with Crippen molar-refractivity contribution in [2.45, 2.75) is 25.4 Å². The molecule has 0 aliphatic carbocycles. The molecule has 2 aromatic heterocycles. The minimum absolute atomic E-state index is 0.162. The average molecular weight is 485 g/mol. The second-order valence-electron chi connectivity index (χ2n) is 9.02. The number of halogens is 3. The molecular weight excluding hydrogens is 457 g/mol. The van der Waals surface area contributed by atoms with Crippen molar-refractivity contribution in [1.29, 1.82) is 0 Å². The summed E-state index contributed by atoms with van der Waals surface area (Å²) in [7, 11) is 0. The zero-order valence-electron chi connectivity index (χ0n) is 19.2. The van der Waals surface area contributed by atoms with E-state index in [4.69, 9.17) is 10.2 Å². The molecule has 35 heavy (non-hydrogen) atoms. The fraction of sp³-hybridized carbons (Fsp3) is 0.346. The quantitative estimate of drug-likeness (QED) is 0.355. The Morgan fingerprint density at radius 3 is 2.60 bits per heavy atom. The van der Waals surface area contributed by atoms with Gasteiger partial charge in [0.15, 0.2) is 5.76 Å². The number of anilines is 1. The van der Waals surface area contributed by atoms with Crippen molar-refractivity contribution in [2.24, 2.45) is 5.73 Å². The van der Waals surface area contributed by atoms with Crippen molar-refractivity contribution in [3.63, 3.8) is 0 Å². The van der Waals surface area contributed by atoms with E-state index < -0.39 is 17.6 Å². The fourth-order valence-corrected chi connectivity index (χ4v) is 4.88. The molecule has 6 nitrogen and oxygen atoms in total. The number of benzene rings is 2. The number of piperazine rings is 1. The van der Waals surface area contributed by atoms with E-state index in [-0.39, 0.29) is 11.3 Å². The van der Waals surface area contributed by atoms with E-state index in [9.17, 15) is 18.0 Å². The Balaban J connectivity index is 1.11. The number of unbranched alkanes of at least 4 members (excludes halogenated alkanes) is 1. The summed E-state index contributed by atoms with van der Waals surface area (Å²) >= 11 is 0. The summed E-state index contributed by atoms with van der Waals surface area (Å²) in [6, 6.07) is 11.9. The lowest BCUT2D eigenvalue weighted by atomic mass is 10.0. The number of nitrogens with one attached hydrogen (secondary N) is 1. The van der Waals surface area contributed by atoms with Gasteiger partial charge in [0.1, 0.15) is 5.58 Å². The molecule has 3 N–H and O–H groups in total. The van der Waals surface area contributed by atoms with E-state index in [1.807, 2.05) is 18.2 Å². The maximum atomic E-state index is 13.2. The van der Waals surface area contributed by atoms with Crippen LogP contribution < -0.4 is 10.6 Å². The van der Waals surface area contributed by atoms with Crippen LogP contribution in [0.3, 0.4) is 0 Å². The predicted octanol–water partition coefficient (Wildman–Crippen LogP) is 5.18. The van der Waals surface area contributed by atoms with Crippen molar-refractivity contribution in [2.75, 3.05) is 37.6 Å². The first-order valence-corrected chi connectivity index (χ1v) is 11.8. The second kappa shape index (κ2) is 9.30. The third-order valence-corrected chi connectivity index (χ3v) is 6.76. The third kappa shape index (κ3) is 4.86. The molecule has 1 amide bonds. The molecule has 0 radical (unpaired) electrons. The van der Waals surface area contributed by atoms with Crippen LogP contribution in [0.5, 0.6) is 0 Å². The Hall–Kier alpha value is -3.46. The number of nitrogens with zero attached hydrogens (tertiary/aromatic N) is 2. The van der Waals surface area contributed by atoms with Gasteiger partial charge in [-0.3, -0.25) is 9.69 Å². The highest BCUT2D eigenvalue weighted by atomic mass is 19.4. The number of fused-ring (bicyclic) bond motifs is 2. The van der Waals surface area contributed by atoms with E-state index in [2.05, 4.69) is 14.8 Å². The molecule has 0 atom stereocenters. The van der Waals surface area contributed by atoms with Gasteiger partial charge in [0.2, 0.25) is 0 Å². The van der Waals surface area contributed by atoms with Crippen LogP contribution in [0, 0.1) is 0 Å². The van der Waals surface area contributed by atoms with Crippen LogP contribution in [0.1, 0.15) is 34.5 Å². The van der Waals surface area contributed by atoms with E-state index in [0.717, 1.165) is 74.7 Å². The largest absolute Gasteiger partial charge is 0.451 e. The SMILES string of the molecule is NC(=O)c1cc2cc(N3CCN(CCCCc4c[nH]c5c(C(F)(F)F)cccc45)CC3)ccc2o1. The number of aromatic amines is 1. The topological polar surface area (TPSA) is 78.5 Å². The van der Waals surface area contributed by atoms with Gasteiger partial charge in [-0.15, -0.1) is 0 Å². The number of carbonyl (C=O) groups excluding carboxylic acids is 1. The highest BCUT2D eigenvalue weighted by Crippen LogP contribution is 2.35. The normalized spacial score (nSPS) is 15.3. The molecule has 0 spiro atoms. The number of hydrogen-bond donors (Lipinski definition) is 2. The lowest BCUT2D eigenvalue weighted by Gasteiger charge is -2.36. The van der Waals surface area contributed by atoms with E-state index in [1.54, 1.807) is 18.3 Å². The Morgan fingerprint density at radius 1 is 1.06 bits per heavy atom. The van der Waals surface area contributed by atoms with Gasteiger partial charge in [0.25, 0.3) is 5.91 Å². The molecule has 184 valence electrons. The molecule has 9 heteroatoms. The van der Waals surface area contributed by atoms with Gasteiger partial charge < -0.3 is 20.0 Å². The number of alkyl halides is 3. The molecule has 1 aliphatic heterocycles. The first-order chi connectivity index (χ1) is 16.8. The summed E-state index contributed by atoms with van der Waals surface area (Å²) in [6.45, 7) is 4.64. The molecule has 0 bridgehead atoms. The monoisotopic (exact) mass is 484 g/mol. The predicted molar refractivity (Wildman–Crippen MR) is 130 cm³/mol. The Kier molecular flexibility index (Phi) is 6.19. The number of hydrogen-bond acceptors (Lipinski definition) is 4. The zero-order chi connectivity index (χ0) is 24.6. The number of amides is 1. The van der Waals surface area contributed by atoms with Crippen molar-refractivity contribution in [1.82, 2.24) is 9.88 Å². The van der Waals surface area contributed by atoms with Crippen LogP contribution in [0.25, 0.3) is 21.9 Å². The van der Waals surface area contributed by atoms with Crippen LogP contribution in [0.15, 0.2) is 53.1 Å².